The highest BCUT2D eigenvalue weighted by Crippen LogP contribution is 2.25. The summed E-state index contributed by atoms with van der Waals surface area (Å²) in [6, 6.07) is -1.45. The van der Waals surface area contributed by atoms with Crippen LogP contribution in [-0.4, -0.2) is 88.5 Å². The molecule has 25 heavy (non-hydrogen) atoms. The van der Waals surface area contributed by atoms with Crippen molar-refractivity contribution in [1.29, 1.82) is 0 Å². The molecule has 0 bridgehead atoms. The van der Waals surface area contributed by atoms with Crippen molar-refractivity contribution in [2.75, 3.05) is 52.1 Å². The Hall–Kier alpha value is -1.07. The zero-order chi connectivity index (χ0) is 19.1. The SMILES string of the molecule is CCNC(=NCCCNS(C)(=O)=O)N1CCN(C(C)C(F)(F)F)CC1. The highest BCUT2D eigenvalue weighted by atomic mass is 32.2. The van der Waals surface area contributed by atoms with Crippen LogP contribution in [0.2, 0.25) is 0 Å². The zero-order valence-electron chi connectivity index (χ0n) is 14.9. The molecule has 1 saturated heterocycles. The van der Waals surface area contributed by atoms with Gasteiger partial charge in [-0.3, -0.25) is 9.89 Å². The van der Waals surface area contributed by atoms with Gasteiger partial charge in [0, 0.05) is 45.8 Å². The van der Waals surface area contributed by atoms with Gasteiger partial charge in [0.1, 0.15) is 6.04 Å². The molecule has 0 aromatic rings. The van der Waals surface area contributed by atoms with Crippen LogP contribution in [0, 0.1) is 0 Å². The van der Waals surface area contributed by atoms with E-state index in [0.29, 0.717) is 58.2 Å². The number of alkyl halides is 3. The molecule has 1 aliphatic heterocycles. The molecule has 0 spiro atoms. The van der Waals surface area contributed by atoms with E-state index in [4.69, 9.17) is 0 Å². The first-order valence-corrected chi connectivity index (χ1v) is 10.2. The van der Waals surface area contributed by atoms with Crippen LogP contribution in [0.25, 0.3) is 0 Å². The van der Waals surface area contributed by atoms with Crippen molar-refractivity contribution in [3.05, 3.63) is 0 Å². The average Bonchev–Trinajstić information content (AvgIpc) is 2.51. The fraction of sp³-hybridized carbons (Fsp3) is 0.929. The summed E-state index contributed by atoms with van der Waals surface area (Å²) in [6.07, 6.45) is -2.57. The highest BCUT2D eigenvalue weighted by molar-refractivity contribution is 7.88. The Morgan fingerprint density at radius 2 is 1.84 bits per heavy atom. The molecule has 1 aliphatic rings. The second-order valence-corrected chi connectivity index (χ2v) is 7.83. The number of halogens is 3. The predicted molar refractivity (Wildman–Crippen MR) is 92.1 cm³/mol. The number of aliphatic imine (C=N–C) groups is 1. The van der Waals surface area contributed by atoms with Crippen LogP contribution in [-0.2, 0) is 10.0 Å². The van der Waals surface area contributed by atoms with Gasteiger partial charge in [0.05, 0.1) is 6.26 Å². The first kappa shape index (κ1) is 22.0. The zero-order valence-corrected chi connectivity index (χ0v) is 15.8. The number of piperazine rings is 1. The molecule has 1 heterocycles. The molecule has 0 radical (unpaired) electrons. The Kier molecular flexibility index (Phi) is 8.42. The third-order valence-electron chi connectivity index (χ3n) is 3.93. The van der Waals surface area contributed by atoms with Crippen molar-refractivity contribution in [2.45, 2.75) is 32.5 Å². The molecule has 0 aromatic carbocycles. The van der Waals surface area contributed by atoms with Gasteiger partial charge in [-0.1, -0.05) is 0 Å². The van der Waals surface area contributed by atoms with Crippen molar-refractivity contribution in [1.82, 2.24) is 19.8 Å². The molecule has 7 nitrogen and oxygen atoms in total. The van der Waals surface area contributed by atoms with E-state index in [1.54, 1.807) is 0 Å². The van der Waals surface area contributed by atoms with Gasteiger partial charge in [-0.2, -0.15) is 13.2 Å². The summed E-state index contributed by atoms with van der Waals surface area (Å²) in [6.45, 7) is 6.07. The van der Waals surface area contributed by atoms with Gasteiger partial charge >= 0.3 is 6.18 Å². The quantitative estimate of drug-likeness (QED) is 0.377. The van der Waals surface area contributed by atoms with E-state index in [0.717, 1.165) is 6.26 Å². The van der Waals surface area contributed by atoms with Gasteiger partial charge in [0.25, 0.3) is 0 Å². The summed E-state index contributed by atoms with van der Waals surface area (Å²) >= 11 is 0. The summed E-state index contributed by atoms with van der Waals surface area (Å²) < 4.78 is 62.7. The molecule has 0 aliphatic carbocycles. The molecule has 1 atom stereocenters. The van der Waals surface area contributed by atoms with E-state index in [9.17, 15) is 21.6 Å². The number of nitrogens with zero attached hydrogens (tertiary/aromatic N) is 3. The molecular formula is C14H28F3N5O2S. The van der Waals surface area contributed by atoms with Crippen LogP contribution in [0.4, 0.5) is 13.2 Å². The normalized spacial score (nSPS) is 19.1. The van der Waals surface area contributed by atoms with E-state index in [-0.39, 0.29) is 0 Å². The third-order valence-corrected chi connectivity index (χ3v) is 4.66. The predicted octanol–water partition coefficient (Wildman–Crippen LogP) is 0.460. The number of guanidine groups is 1. The Morgan fingerprint density at radius 1 is 1.24 bits per heavy atom. The number of rotatable bonds is 7. The highest BCUT2D eigenvalue weighted by Gasteiger charge is 2.41. The van der Waals surface area contributed by atoms with E-state index in [1.165, 1.54) is 11.8 Å². The fourth-order valence-electron chi connectivity index (χ4n) is 2.48. The Balaban J connectivity index is 2.50. The Morgan fingerprint density at radius 3 is 2.32 bits per heavy atom. The number of nitrogens with one attached hydrogen (secondary N) is 2. The van der Waals surface area contributed by atoms with Gasteiger partial charge in [0.2, 0.25) is 10.0 Å². The lowest BCUT2D eigenvalue weighted by molar-refractivity contribution is -0.181. The number of sulfonamides is 1. The summed E-state index contributed by atoms with van der Waals surface area (Å²) in [5.41, 5.74) is 0. The van der Waals surface area contributed by atoms with Crippen molar-refractivity contribution in [2.24, 2.45) is 4.99 Å². The summed E-state index contributed by atoms with van der Waals surface area (Å²) in [5.74, 6) is 0.654. The molecular weight excluding hydrogens is 359 g/mol. The molecule has 0 saturated carbocycles. The molecule has 0 aromatic heterocycles. The summed E-state index contributed by atoms with van der Waals surface area (Å²) in [5, 5.41) is 3.13. The lowest BCUT2D eigenvalue weighted by Crippen LogP contribution is -2.56. The smallest absolute Gasteiger partial charge is 0.357 e. The van der Waals surface area contributed by atoms with Crippen molar-refractivity contribution >= 4 is 16.0 Å². The van der Waals surface area contributed by atoms with Crippen LogP contribution in [0.5, 0.6) is 0 Å². The number of hydrogen-bond acceptors (Lipinski definition) is 4. The fourth-order valence-corrected chi connectivity index (χ4v) is 2.99. The minimum atomic E-state index is -4.21. The van der Waals surface area contributed by atoms with E-state index < -0.39 is 22.2 Å². The standard InChI is InChI=1S/C14H28F3N5O2S/c1-4-18-13(19-6-5-7-20-25(3,23)24)22-10-8-21(9-11-22)12(2)14(15,16)17/h12,20H,4-11H2,1-3H3,(H,18,19). The second-order valence-electron chi connectivity index (χ2n) is 6.00. The van der Waals surface area contributed by atoms with Crippen LogP contribution < -0.4 is 10.0 Å². The maximum atomic E-state index is 12.8. The summed E-state index contributed by atoms with van der Waals surface area (Å²) in [7, 11) is -3.20. The van der Waals surface area contributed by atoms with Gasteiger partial charge < -0.3 is 10.2 Å². The summed E-state index contributed by atoms with van der Waals surface area (Å²) in [4.78, 5) is 7.80. The first-order valence-electron chi connectivity index (χ1n) is 8.33. The van der Waals surface area contributed by atoms with Gasteiger partial charge in [0.15, 0.2) is 5.96 Å². The van der Waals surface area contributed by atoms with Crippen LogP contribution in [0.1, 0.15) is 20.3 Å². The minimum Gasteiger partial charge on any atom is -0.357 e. The molecule has 1 fully saturated rings. The average molecular weight is 387 g/mol. The van der Waals surface area contributed by atoms with Gasteiger partial charge in [-0.15, -0.1) is 0 Å². The van der Waals surface area contributed by atoms with Crippen LogP contribution >= 0.6 is 0 Å². The van der Waals surface area contributed by atoms with E-state index in [1.807, 2.05) is 11.8 Å². The Bertz CT molecular complexity index is 531. The van der Waals surface area contributed by atoms with E-state index in [2.05, 4.69) is 15.0 Å². The maximum Gasteiger partial charge on any atom is 0.403 e. The van der Waals surface area contributed by atoms with Crippen molar-refractivity contribution in [3.8, 4) is 0 Å². The second kappa shape index (κ2) is 9.58. The molecule has 1 rings (SSSR count). The molecule has 11 heteroatoms. The van der Waals surface area contributed by atoms with Gasteiger partial charge in [-0.25, -0.2) is 13.1 Å². The van der Waals surface area contributed by atoms with Gasteiger partial charge in [-0.05, 0) is 20.3 Å². The van der Waals surface area contributed by atoms with E-state index >= 15 is 0 Å². The lowest BCUT2D eigenvalue weighted by Gasteiger charge is -2.39. The molecule has 2 N–H and O–H groups in total. The maximum absolute atomic E-state index is 12.8. The Labute approximate surface area is 147 Å². The lowest BCUT2D eigenvalue weighted by atomic mass is 10.2. The van der Waals surface area contributed by atoms with Crippen LogP contribution in [0.3, 0.4) is 0 Å². The molecule has 1 unspecified atom stereocenters. The molecule has 0 amide bonds. The van der Waals surface area contributed by atoms with Crippen molar-refractivity contribution < 1.29 is 21.6 Å². The van der Waals surface area contributed by atoms with Crippen molar-refractivity contribution in [3.63, 3.8) is 0 Å². The monoisotopic (exact) mass is 387 g/mol. The minimum absolute atomic E-state index is 0.304. The van der Waals surface area contributed by atoms with Crippen LogP contribution in [0.15, 0.2) is 4.99 Å². The first-order chi connectivity index (χ1) is 11.5. The largest absolute Gasteiger partial charge is 0.403 e. The molecule has 148 valence electrons. The topological polar surface area (TPSA) is 77.0 Å². The third kappa shape index (κ3) is 8.23. The number of hydrogen-bond donors (Lipinski definition) is 2.